The van der Waals surface area contributed by atoms with E-state index in [-0.39, 0.29) is 0 Å². The Balaban J connectivity index is 2.35. The van der Waals surface area contributed by atoms with E-state index < -0.39 is 0 Å². The molecule has 1 aromatic heterocycles. The molecule has 0 fully saturated rings. The molecule has 5 heteroatoms. The average molecular weight is 269 g/mol. The Morgan fingerprint density at radius 2 is 2.00 bits per heavy atom. The van der Waals surface area contributed by atoms with Crippen LogP contribution in [0.15, 0.2) is 29.0 Å². The van der Waals surface area contributed by atoms with E-state index in [1.165, 1.54) is 11.3 Å². The highest BCUT2D eigenvalue weighted by Gasteiger charge is 2.07. The van der Waals surface area contributed by atoms with E-state index in [1.54, 1.807) is 17.5 Å². The number of hydrogen-bond donors (Lipinski definition) is 1. The summed E-state index contributed by atoms with van der Waals surface area (Å²) in [5.74, 6) is 0. The van der Waals surface area contributed by atoms with Gasteiger partial charge in [0, 0.05) is 10.8 Å². The summed E-state index contributed by atoms with van der Waals surface area (Å²) in [6.45, 7) is 0. The van der Waals surface area contributed by atoms with E-state index >= 15 is 0 Å². The van der Waals surface area contributed by atoms with E-state index in [2.05, 4.69) is 11.4 Å². The maximum Gasteiger partial charge on any atom is 0.102 e. The Kier molecular flexibility index (Phi) is 3.35. The number of anilines is 2. The first-order valence-corrected chi connectivity index (χ1v) is 6.09. The summed E-state index contributed by atoms with van der Waals surface area (Å²) >= 11 is 13.4. The van der Waals surface area contributed by atoms with Crippen molar-refractivity contribution in [2.24, 2.45) is 0 Å². The van der Waals surface area contributed by atoms with Crippen LogP contribution in [0.2, 0.25) is 10.0 Å². The molecule has 0 bridgehead atoms. The first-order valence-electron chi connectivity index (χ1n) is 4.39. The Morgan fingerprint density at radius 1 is 1.19 bits per heavy atom. The third-order valence-corrected chi connectivity index (χ3v) is 3.57. The Labute approximate surface area is 107 Å². The highest BCUT2D eigenvalue weighted by molar-refractivity contribution is 7.08. The van der Waals surface area contributed by atoms with Crippen molar-refractivity contribution in [2.45, 2.75) is 0 Å². The summed E-state index contributed by atoms with van der Waals surface area (Å²) in [5, 5.41) is 16.5. The molecule has 0 unspecified atom stereocenters. The number of nitrogens with one attached hydrogen (secondary N) is 1. The van der Waals surface area contributed by atoms with Crippen LogP contribution in [-0.2, 0) is 0 Å². The van der Waals surface area contributed by atoms with Gasteiger partial charge in [0.05, 0.1) is 27.0 Å². The van der Waals surface area contributed by atoms with Gasteiger partial charge in [0.25, 0.3) is 0 Å². The molecule has 80 valence electrons. The molecule has 0 amide bonds. The fourth-order valence-corrected chi connectivity index (χ4v) is 2.28. The summed E-state index contributed by atoms with van der Waals surface area (Å²) in [7, 11) is 0. The van der Waals surface area contributed by atoms with Gasteiger partial charge in [-0.3, -0.25) is 0 Å². The highest BCUT2D eigenvalue weighted by atomic mass is 35.5. The van der Waals surface area contributed by atoms with Crippen LogP contribution in [0, 0.1) is 11.3 Å². The number of hydrogen-bond acceptors (Lipinski definition) is 3. The summed E-state index contributed by atoms with van der Waals surface area (Å²) in [5.41, 5.74) is 2.04. The minimum atomic E-state index is 0.458. The lowest BCUT2D eigenvalue weighted by molar-refractivity contribution is 1.49. The minimum absolute atomic E-state index is 0.458. The topological polar surface area (TPSA) is 35.8 Å². The van der Waals surface area contributed by atoms with Crippen LogP contribution in [0.1, 0.15) is 5.56 Å². The standard InChI is InChI=1S/C11H6Cl2N2S/c12-8-2-1-3-9(11(8)13)15-10-6-16-5-7(10)4-14/h1-3,5-6,15H. The number of nitriles is 1. The smallest absolute Gasteiger partial charge is 0.102 e. The van der Waals surface area contributed by atoms with Gasteiger partial charge in [0.15, 0.2) is 0 Å². The van der Waals surface area contributed by atoms with Gasteiger partial charge in [-0.15, -0.1) is 11.3 Å². The second-order valence-corrected chi connectivity index (χ2v) is 4.57. The van der Waals surface area contributed by atoms with Crippen LogP contribution in [0.25, 0.3) is 0 Å². The molecule has 0 aliphatic heterocycles. The van der Waals surface area contributed by atoms with Crippen molar-refractivity contribution in [3.63, 3.8) is 0 Å². The van der Waals surface area contributed by atoms with E-state index in [9.17, 15) is 0 Å². The lowest BCUT2D eigenvalue weighted by atomic mass is 10.2. The van der Waals surface area contributed by atoms with Gasteiger partial charge in [-0.05, 0) is 12.1 Å². The molecule has 0 aliphatic rings. The van der Waals surface area contributed by atoms with E-state index in [0.717, 1.165) is 5.69 Å². The second kappa shape index (κ2) is 4.75. The summed E-state index contributed by atoms with van der Waals surface area (Å²) < 4.78 is 0. The first kappa shape index (κ1) is 11.3. The van der Waals surface area contributed by atoms with Crippen molar-refractivity contribution < 1.29 is 0 Å². The Bertz CT molecular complexity index is 557. The fourth-order valence-electron chi connectivity index (χ4n) is 1.23. The van der Waals surface area contributed by atoms with Gasteiger partial charge in [-0.25, -0.2) is 0 Å². The lowest BCUT2D eigenvalue weighted by Gasteiger charge is -2.07. The van der Waals surface area contributed by atoms with Crippen LogP contribution >= 0.6 is 34.5 Å². The molecule has 2 aromatic rings. The zero-order chi connectivity index (χ0) is 11.5. The zero-order valence-corrected chi connectivity index (χ0v) is 10.3. The molecule has 1 aromatic carbocycles. The largest absolute Gasteiger partial charge is 0.353 e. The molecular formula is C11H6Cl2N2S. The van der Waals surface area contributed by atoms with Crippen LogP contribution in [-0.4, -0.2) is 0 Å². The van der Waals surface area contributed by atoms with Crippen molar-refractivity contribution in [3.05, 3.63) is 44.6 Å². The van der Waals surface area contributed by atoms with Crippen molar-refractivity contribution >= 4 is 45.9 Å². The van der Waals surface area contributed by atoms with Gasteiger partial charge in [-0.1, -0.05) is 29.3 Å². The second-order valence-electron chi connectivity index (χ2n) is 3.04. The third-order valence-electron chi connectivity index (χ3n) is 2.00. The number of thiophene rings is 1. The van der Waals surface area contributed by atoms with Gasteiger partial charge >= 0.3 is 0 Å². The average Bonchev–Trinajstić information content (AvgIpc) is 2.72. The van der Waals surface area contributed by atoms with Gasteiger partial charge < -0.3 is 5.32 Å². The molecule has 16 heavy (non-hydrogen) atoms. The molecule has 0 aliphatic carbocycles. The Hall–Kier alpha value is -1.21. The van der Waals surface area contributed by atoms with Gasteiger partial charge in [-0.2, -0.15) is 5.26 Å². The molecule has 1 N–H and O–H groups in total. The molecular weight excluding hydrogens is 263 g/mol. The number of benzene rings is 1. The van der Waals surface area contributed by atoms with E-state index in [1.807, 2.05) is 11.4 Å². The zero-order valence-electron chi connectivity index (χ0n) is 8.00. The normalized spacial score (nSPS) is 9.81. The number of nitrogens with zero attached hydrogens (tertiary/aromatic N) is 1. The monoisotopic (exact) mass is 268 g/mol. The predicted molar refractivity (Wildman–Crippen MR) is 68.8 cm³/mol. The van der Waals surface area contributed by atoms with Crippen LogP contribution in [0.3, 0.4) is 0 Å². The molecule has 2 rings (SSSR count). The molecule has 0 saturated carbocycles. The predicted octanol–water partition coefficient (Wildman–Crippen LogP) is 4.67. The maximum atomic E-state index is 8.87. The lowest BCUT2D eigenvalue weighted by Crippen LogP contribution is -1.91. The van der Waals surface area contributed by atoms with Crippen LogP contribution < -0.4 is 5.32 Å². The summed E-state index contributed by atoms with van der Waals surface area (Å²) in [4.78, 5) is 0. The fraction of sp³-hybridized carbons (Fsp3) is 0. The van der Waals surface area contributed by atoms with E-state index in [4.69, 9.17) is 28.5 Å². The van der Waals surface area contributed by atoms with Gasteiger partial charge in [0.2, 0.25) is 0 Å². The number of halogens is 2. The molecule has 1 heterocycles. The van der Waals surface area contributed by atoms with Crippen LogP contribution in [0.4, 0.5) is 11.4 Å². The van der Waals surface area contributed by atoms with Crippen molar-refractivity contribution in [1.29, 1.82) is 5.26 Å². The highest BCUT2D eigenvalue weighted by Crippen LogP contribution is 2.33. The minimum Gasteiger partial charge on any atom is -0.353 e. The van der Waals surface area contributed by atoms with E-state index in [0.29, 0.717) is 21.3 Å². The molecule has 0 radical (unpaired) electrons. The quantitative estimate of drug-likeness (QED) is 0.859. The van der Waals surface area contributed by atoms with Crippen molar-refractivity contribution in [2.75, 3.05) is 5.32 Å². The Morgan fingerprint density at radius 3 is 2.75 bits per heavy atom. The number of rotatable bonds is 2. The first-order chi connectivity index (χ1) is 7.72. The molecule has 0 saturated heterocycles. The van der Waals surface area contributed by atoms with Crippen LogP contribution in [0.5, 0.6) is 0 Å². The van der Waals surface area contributed by atoms with Crippen molar-refractivity contribution in [3.8, 4) is 6.07 Å². The molecule has 2 nitrogen and oxygen atoms in total. The SMILES string of the molecule is N#Cc1cscc1Nc1cccc(Cl)c1Cl. The maximum absolute atomic E-state index is 8.87. The van der Waals surface area contributed by atoms with Crippen molar-refractivity contribution in [1.82, 2.24) is 0 Å². The summed E-state index contributed by atoms with van der Waals surface area (Å²) in [6.07, 6.45) is 0. The summed E-state index contributed by atoms with van der Waals surface area (Å²) in [6, 6.07) is 7.43. The molecule has 0 atom stereocenters. The molecule has 0 spiro atoms. The third kappa shape index (κ3) is 2.14. The van der Waals surface area contributed by atoms with Gasteiger partial charge in [0.1, 0.15) is 6.07 Å².